The van der Waals surface area contributed by atoms with Gasteiger partial charge in [-0.15, -0.1) is 3.89 Å². The molecule has 0 fully saturated rings. The number of carbonyl (C=O) groups is 1. The van der Waals surface area contributed by atoms with Crippen LogP contribution in [0.15, 0.2) is 29.2 Å². The molecular formula is C11H9FO3S2. The summed E-state index contributed by atoms with van der Waals surface area (Å²) >= 11 is 1.09. The monoisotopic (exact) mass is 272 g/mol. The number of benzene rings is 1. The lowest BCUT2D eigenvalue weighted by molar-refractivity contribution is -0.109. The van der Waals surface area contributed by atoms with Crippen LogP contribution in [0.4, 0.5) is 3.89 Å². The fourth-order valence-corrected chi connectivity index (χ4v) is 1.79. The number of hydrogen-bond donors (Lipinski definition) is 0. The van der Waals surface area contributed by atoms with Crippen molar-refractivity contribution in [3.8, 4) is 11.8 Å². The van der Waals surface area contributed by atoms with Crippen molar-refractivity contribution >= 4 is 27.1 Å². The minimum Gasteiger partial charge on any atom is -0.288 e. The van der Waals surface area contributed by atoms with Gasteiger partial charge in [0.15, 0.2) is 5.12 Å². The normalized spacial score (nSPS) is 10.5. The molecule has 3 nitrogen and oxygen atoms in total. The summed E-state index contributed by atoms with van der Waals surface area (Å²) in [6.45, 7) is 1.45. The quantitative estimate of drug-likeness (QED) is 0.610. The van der Waals surface area contributed by atoms with E-state index in [1.54, 1.807) is 0 Å². The Hall–Kier alpha value is -1.32. The maximum absolute atomic E-state index is 12.5. The van der Waals surface area contributed by atoms with E-state index in [1.807, 2.05) is 0 Å². The average Bonchev–Trinajstić information content (AvgIpc) is 2.23. The van der Waals surface area contributed by atoms with Crippen LogP contribution >= 0.6 is 11.8 Å². The second-order valence-corrected chi connectivity index (χ2v) is 5.54. The Kier molecular flexibility index (Phi) is 4.73. The number of halogens is 1. The third kappa shape index (κ3) is 5.02. The zero-order chi connectivity index (χ0) is 12.9. The van der Waals surface area contributed by atoms with Crippen LogP contribution in [0.5, 0.6) is 0 Å². The van der Waals surface area contributed by atoms with Gasteiger partial charge in [-0.2, -0.15) is 8.42 Å². The van der Waals surface area contributed by atoms with Gasteiger partial charge in [-0.3, -0.25) is 4.79 Å². The SMILES string of the molecule is CC(=O)SCC#Cc1ccc(S(=O)(=O)F)cc1. The molecule has 0 aliphatic rings. The highest BCUT2D eigenvalue weighted by molar-refractivity contribution is 8.13. The number of thioether (sulfide) groups is 1. The van der Waals surface area contributed by atoms with Gasteiger partial charge >= 0.3 is 10.2 Å². The van der Waals surface area contributed by atoms with Crippen LogP contribution in [0, 0.1) is 11.8 Å². The van der Waals surface area contributed by atoms with Gasteiger partial charge in [0.05, 0.1) is 10.6 Å². The van der Waals surface area contributed by atoms with E-state index in [-0.39, 0.29) is 10.0 Å². The first-order chi connectivity index (χ1) is 7.89. The average molecular weight is 272 g/mol. The van der Waals surface area contributed by atoms with E-state index in [4.69, 9.17) is 0 Å². The van der Waals surface area contributed by atoms with E-state index >= 15 is 0 Å². The Balaban J connectivity index is 2.72. The van der Waals surface area contributed by atoms with Gasteiger partial charge in [-0.1, -0.05) is 23.6 Å². The van der Waals surface area contributed by atoms with Gasteiger partial charge in [0.25, 0.3) is 0 Å². The molecule has 0 aliphatic carbocycles. The summed E-state index contributed by atoms with van der Waals surface area (Å²) in [7, 11) is -4.65. The molecule has 1 rings (SSSR count). The third-order valence-corrected chi connectivity index (χ3v) is 3.25. The molecule has 0 N–H and O–H groups in total. The fraction of sp³-hybridized carbons (Fsp3) is 0.182. The Morgan fingerprint density at radius 1 is 1.35 bits per heavy atom. The third-order valence-electron chi connectivity index (χ3n) is 1.72. The maximum atomic E-state index is 12.5. The molecule has 0 aliphatic heterocycles. The van der Waals surface area contributed by atoms with Crippen molar-refractivity contribution in [3.05, 3.63) is 29.8 Å². The first-order valence-electron chi connectivity index (χ1n) is 4.56. The lowest BCUT2D eigenvalue weighted by Crippen LogP contribution is -1.91. The highest BCUT2D eigenvalue weighted by atomic mass is 32.3. The van der Waals surface area contributed by atoms with Crippen LogP contribution < -0.4 is 0 Å². The van der Waals surface area contributed by atoms with Crippen molar-refractivity contribution in [1.29, 1.82) is 0 Å². The molecule has 0 radical (unpaired) electrons. The molecule has 0 bridgehead atoms. The summed E-state index contributed by atoms with van der Waals surface area (Å²) in [5.74, 6) is 5.85. The van der Waals surface area contributed by atoms with Crippen molar-refractivity contribution in [1.82, 2.24) is 0 Å². The van der Waals surface area contributed by atoms with E-state index in [1.165, 1.54) is 19.1 Å². The predicted molar refractivity (Wildman–Crippen MR) is 64.8 cm³/mol. The Bertz CT molecular complexity index is 565. The second kappa shape index (κ2) is 5.84. The van der Waals surface area contributed by atoms with Crippen molar-refractivity contribution < 1.29 is 17.1 Å². The Morgan fingerprint density at radius 3 is 2.41 bits per heavy atom. The van der Waals surface area contributed by atoms with Gasteiger partial charge in [-0.25, -0.2) is 0 Å². The highest BCUT2D eigenvalue weighted by Gasteiger charge is 2.10. The van der Waals surface area contributed by atoms with Crippen LogP contribution in [0.25, 0.3) is 0 Å². The predicted octanol–water partition coefficient (Wildman–Crippen LogP) is 1.98. The van der Waals surface area contributed by atoms with Crippen LogP contribution in [-0.2, 0) is 15.0 Å². The van der Waals surface area contributed by atoms with Gasteiger partial charge < -0.3 is 0 Å². The van der Waals surface area contributed by atoms with Crippen LogP contribution in [-0.4, -0.2) is 19.3 Å². The number of hydrogen-bond acceptors (Lipinski definition) is 4. The summed E-state index contributed by atoms with van der Waals surface area (Å²) in [6.07, 6.45) is 0. The number of rotatable bonds is 2. The van der Waals surface area contributed by atoms with E-state index in [9.17, 15) is 17.1 Å². The van der Waals surface area contributed by atoms with E-state index in [0.717, 1.165) is 23.9 Å². The molecule has 0 atom stereocenters. The van der Waals surface area contributed by atoms with Gasteiger partial charge in [0, 0.05) is 12.5 Å². The Labute approximate surface area is 104 Å². The summed E-state index contributed by atoms with van der Waals surface area (Å²) < 4.78 is 33.6. The minimum atomic E-state index is -4.65. The molecule has 90 valence electrons. The van der Waals surface area contributed by atoms with Gasteiger partial charge in [-0.05, 0) is 24.3 Å². The molecule has 0 heterocycles. The largest absolute Gasteiger partial charge is 0.332 e. The standard InChI is InChI=1S/C11H9FO3S2/c1-9(13)16-8-2-3-10-4-6-11(7-5-10)17(12,14)15/h4-7H,8H2,1H3. The summed E-state index contributed by atoms with van der Waals surface area (Å²) in [6, 6.07) is 5.13. The molecule has 0 unspecified atom stereocenters. The smallest absolute Gasteiger partial charge is 0.288 e. The first-order valence-corrected chi connectivity index (χ1v) is 6.93. The lowest BCUT2D eigenvalue weighted by Gasteiger charge is -1.94. The minimum absolute atomic E-state index is 0.0156. The van der Waals surface area contributed by atoms with E-state index in [2.05, 4.69) is 11.8 Å². The van der Waals surface area contributed by atoms with Crippen molar-refractivity contribution in [2.24, 2.45) is 0 Å². The maximum Gasteiger partial charge on any atom is 0.332 e. The lowest BCUT2D eigenvalue weighted by atomic mass is 10.2. The van der Waals surface area contributed by atoms with Gasteiger partial charge in [0.1, 0.15) is 0 Å². The zero-order valence-electron chi connectivity index (χ0n) is 8.94. The summed E-state index contributed by atoms with van der Waals surface area (Å²) in [4.78, 5) is 10.2. The van der Waals surface area contributed by atoms with Gasteiger partial charge in [0.2, 0.25) is 0 Å². The molecule has 1 aromatic rings. The molecule has 0 amide bonds. The van der Waals surface area contributed by atoms with Crippen LogP contribution in [0.3, 0.4) is 0 Å². The second-order valence-electron chi connectivity index (χ2n) is 3.04. The molecule has 0 saturated carbocycles. The highest BCUT2D eigenvalue weighted by Crippen LogP contribution is 2.12. The van der Waals surface area contributed by atoms with E-state index in [0.29, 0.717) is 11.3 Å². The van der Waals surface area contributed by atoms with Crippen LogP contribution in [0.1, 0.15) is 12.5 Å². The molecule has 0 spiro atoms. The Morgan fingerprint density at radius 2 is 1.94 bits per heavy atom. The van der Waals surface area contributed by atoms with Crippen molar-refractivity contribution in [3.63, 3.8) is 0 Å². The van der Waals surface area contributed by atoms with E-state index < -0.39 is 10.2 Å². The van der Waals surface area contributed by atoms with Crippen LogP contribution in [0.2, 0.25) is 0 Å². The molecule has 17 heavy (non-hydrogen) atoms. The first kappa shape index (κ1) is 13.7. The molecule has 0 aromatic heterocycles. The van der Waals surface area contributed by atoms with Crippen molar-refractivity contribution in [2.45, 2.75) is 11.8 Å². The topological polar surface area (TPSA) is 51.2 Å². The zero-order valence-corrected chi connectivity index (χ0v) is 10.6. The molecular weight excluding hydrogens is 263 g/mol. The molecule has 6 heteroatoms. The number of carbonyl (C=O) groups excluding carboxylic acids is 1. The van der Waals surface area contributed by atoms with Crippen molar-refractivity contribution in [2.75, 3.05) is 5.75 Å². The summed E-state index contributed by atoms with van der Waals surface area (Å²) in [5.41, 5.74) is 0.571. The summed E-state index contributed by atoms with van der Waals surface area (Å²) in [5, 5.41) is -0.0156. The fourth-order valence-electron chi connectivity index (χ4n) is 0.977. The molecule has 0 saturated heterocycles. The molecule has 1 aromatic carbocycles.